The fourth-order valence-corrected chi connectivity index (χ4v) is 1.75. The molecule has 0 aromatic heterocycles. The lowest BCUT2D eigenvalue weighted by Crippen LogP contribution is -2.43. The van der Waals surface area contributed by atoms with Gasteiger partial charge in [0.15, 0.2) is 0 Å². The highest BCUT2D eigenvalue weighted by Crippen LogP contribution is 2.20. The molecule has 0 heterocycles. The smallest absolute Gasteiger partial charge is 0.326 e. The molecule has 0 saturated carbocycles. The van der Waals surface area contributed by atoms with E-state index in [0.717, 1.165) is 0 Å². The molecule has 20 heavy (non-hydrogen) atoms. The van der Waals surface area contributed by atoms with Gasteiger partial charge >= 0.3 is 11.9 Å². The Kier molecular flexibility index (Phi) is 5.09. The minimum absolute atomic E-state index is 0.0533. The van der Waals surface area contributed by atoms with Crippen LogP contribution in [0.2, 0.25) is 0 Å². The van der Waals surface area contributed by atoms with E-state index < -0.39 is 23.9 Å². The third kappa shape index (κ3) is 3.72. The number of hydrogen-bond donors (Lipinski definition) is 2. The summed E-state index contributed by atoms with van der Waals surface area (Å²) in [6.07, 6.45) is 0. The number of rotatable bonds is 6. The van der Waals surface area contributed by atoms with Crippen LogP contribution in [0.3, 0.4) is 0 Å². The van der Waals surface area contributed by atoms with Crippen LogP contribution in [-0.4, -0.2) is 34.7 Å². The van der Waals surface area contributed by atoms with E-state index in [4.69, 9.17) is 15.5 Å². The van der Waals surface area contributed by atoms with Gasteiger partial charge in [-0.15, -0.1) is 0 Å². The molecule has 1 aromatic carbocycles. The zero-order valence-electron chi connectivity index (χ0n) is 11.3. The second kappa shape index (κ2) is 6.57. The first-order valence-electron chi connectivity index (χ1n) is 6.09. The quantitative estimate of drug-likeness (QED) is 0.817. The molecule has 2 unspecified atom stereocenters. The molecular formula is C14H16N2O4. The van der Waals surface area contributed by atoms with Crippen LogP contribution in [0, 0.1) is 17.2 Å². The zero-order valence-corrected chi connectivity index (χ0v) is 11.3. The summed E-state index contributed by atoms with van der Waals surface area (Å²) < 4.78 is 0. The number of aliphatic carboxylic acids is 2. The van der Waals surface area contributed by atoms with Crippen LogP contribution in [0.1, 0.15) is 19.4 Å². The normalized spacial score (nSPS) is 13.1. The van der Waals surface area contributed by atoms with Crippen LogP contribution < -0.4 is 4.90 Å². The van der Waals surface area contributed by atoms with Gasteiger partial charge in [0, 0.05) is 12.2 Å². The summed E-state index contributed by atoms with van der Waals surface area (Å²) >= 11 is 0. The Hall–Kier alpha value is -2.55. The van der Waals surface area contributed by atoms with E-state index in [1.165, 1.54) is 18.7 Å². The maximum atomic E-state index is 11.2. The first kappa shape index (κ1) is 15.5. The fraction of sp³-hybridized carbons (Fsp3) is 0.357. The highest BCUT2D eigenvalue weighted by Gasteiger charge is 2.25. The molecule has 106 valence electrons. The molecule has 6 heteroatoms. The molecule has 0 spiro atoms. The lowest BCUT2D eigenvalue weighted by Gasteiger charge is -2.30. The van der Waals surface area contributed by atoms with Gasteiger partial charge in [0.05, 0.1) is 17.6 Å². The molecule has 2 N–H and O–H groups in total. The van der Waals surface area contributed by atoms with E-state index in [2.05, 4.69) is 0 Å². The molecule has 0 saturated heterocycles. The summed E-state index contributed by atoms with van der Waals surface area (Å²) in [7, 11) is 0. The van der Waals surface area contributed by atoms with E-state index in [9.17, 15) is 9.59 Å². The first-order valence-corrected chi connectivity index (χ1v) is 6.09. The zero-order chi connectivity index (χ0) is 15.3. The van der Waals surface area contributed by atoms with Gasteiger partial charge in [0.2, 0.25) is 0 Å². The van der Waals surface area contributed by atoms with E-state index in [-0.39, 0.29) is 6.54 Å². The Morgan fingerprint density at radius 3 is 2.45 bits per heavy atom. The fourth-order valence-electron chi connectivity index (χ4n) is 1.75. The maximum absolute atomic E-state index is 11.2. The summed E-state index contributed by atoms with van der Waals surface area (Å²) in [6.45, 7) is 3.05. The molecule has 0 aliphatic carbocycles. The Balaban J connectivity index is 3.12. The highest BCUT2D eigenvalue weighted by molar-refractivity contribution is 5.78. The molecule has 0 aliphatic rings. The number of carboxylic acids is 2. The summed E-state index contributed by atoms with van der Waals surface area (Å²) in [5, 5.41) is 27.0. The predicted molar refractivity (Wildman–Crippen MR) is 72.4 cm³/mol. The number of carbonyl (C=O) groups is 2. The topological polar surface area (TPSA) is 102 Å². The third-order valence-electron chi connectivity index (χ3n) is 3.02. The standard InChI is InChI=1S/C14H16N2O4/c1-9(13(17)18)8-16(10(2)14(19)20)12-5-3-4-11(6-12)7-15/h3-6,9-10H,8H2,1-2H3,(H,17,18)(H,19,20). The predicted octanol–water partition coefficient (Wildman–Crippen LogP) is 1.56. The Labute approximate surface area is 116 Å². The molecule has 2 atom stereocenters. The summed E-state index contributed by atoms with van der Waals surface area (Å²) in [5.41, 5.74) is 0.917. The van der Waals surface area contributed by atoms with Crippen LogP contribution in [0.25, 0.3) is 0 Å². The van der Waals surface area contributed by atoms with E-state index in [1.807, 2.05) is 6.07 Å². The van der Waals surface area contributed by atoms with Crippen LogP contribution in [0.15, 0.2) is 24.3 Å². The summed E-state index contributed by atoms with van der Waals surface area (Å²) in [4.78, 5) is 23.6. The second-order valence-corrected chi connectivity index (χ2v) is 4.57. The summed E-state index contributed by atoms with van der Waals surface area (Å²) in [6, 6.07) is 7.55. The molecular weight excluding hydrogens is 260 g/mol. The second-order valence-electron chi connectivity index (χ2n) is 4.57. The van der Waals surface area contributed by atoms with Gasteiger partial charge in [-0.1, -0.05) is 13.0 Å². The van der Waals surface area contributed by atoms with Crippen molar-refractivity contribution in [2.45, 2.75) is 19.9 Å². The molecule has 0 aliphatic heterocycles. The number of hydrogen-bond acceptors (Lipinski definition) is 4. The van der Waals surface area contributed by atoms with Gasteiger partial charge in [-0.2, -0.15) is 5.26 Å². The van der Waals surface area contributed by atoms with E-state index in [0.29, 0.717) is 11.3 Å². The lowest BCUT2D eigenvalue weighted by molar-refractivity contribution is -0.142. The van der Waals surface area contributed by atoms with Crippen molar-refractivity contribution < 1.29 is 19.8 Å². The average molecular weight is 276 g/mol. The van der Waals surface area contributed by atoms with Crippen molar-refractivity contribution in [2.75, 3.05) is 11.4 Å². The minimum Gasteiger partial charge on any atom is -0.481 e. The van der Waals surface area contributed by atoms with Crippen LogP contribution in [-0.2, 0) is 9.59 Å². The minimum atomic E-state index is -1.05. The molecule has 1 rings (SSSR count). The Bertz CT molecular complexity index is 550. The van der Waals surface area contributed by atoms with Crippen LogP contribution in [0.4, 0.5) is 5.69 Å². The van der Waals surface area contributed by atoms with Gasteiger partial charge in [-0.05, 0) is 25.1 Å². The van der Waals surface area contributed by atoms with Crippen molar-refractivity contribution in [3.63, 3.8) is 0 Å². The molecule has 0 amide bonds. The Morgan fingerprint density at radius 2 is 1.95 bits per heavy atom. The lowest BCUT2D eigenvalue weighted by atomic mass is 10.1. The number of carboxylic acid groups (broad SMARTS) is 2. The monoisotopic (exact) mass is 276 g/mol. The number of nitrogens with zero attached hydrogens (tertiary/aromatic N) is 2. The van der Waals surface area contributed by atoms with E-state index in [1.54, 1.807) is 24.3 Å². The number of anilines is 1. The number of benzene rings is 1. The van der Waals surface area contributed by atoms with Crippen LogP contribution in [0.5, 0.6) is 0 Å². The van der Waals surface area contributed by atoms with Crippen molar-refractivity contribution >= 4 is 17.6 Å². The van der Waals surface area contributed by atoms with Crippen molar-refractivity contribution in [3.8, 4) is 6.07 Å². The maximum Gasteiger partial charge on any atom is 0.326 e. The molecule has 1 aromatic rings. The molecule has 6 nitrogen and oxygen atoms in total. The highest BCUT2D eigenvalue weighted by atomic mass is 16.4. The van der Waals surface area contributed by atoms with Crippen LogP contribution >= 0.6 is 0 Å². The van der Waals surface area contributed by atoms with E-state index >= 15 is 0 Å². The third-order valence-corrected chi connectivity index (χ3v) is 3.02. The van der Waals surface area contributed by atoms with Gasteiger partial charge in [-0.25, -0.2) is 4.79 Å². The molecule has 0 bridgehead atoms. The molecule has 0 fully saturated rings. The first-order chi connectivity index (χ1) is 9.36. The van der Waals surface area contributed by atoms with Crippen molar-refractivity contribution in [1.29, 1.82) is 5.26 Å². The van der Waals surface area contributed by atoms with Crippen molar-refractivity contribution in [1.82, 2.24) is 0 Å². The van der Waals surface area contributed by atoms with Crippen molar-refractivity contribution in [3.05, 3.63) is 29.8 Å². The van der Waals surface area contributed by atoms with Gasteiger partial charge in [0.1, 0.15) is 6.04 Å². The Morgan fingerprint density at radius 1 is 1.30 bits per heavy atom. The number of nitriles is 1. The largest absolute Gasteiger partial charge is 0.481 e. The van der Waals surface area contributed by atoms with Crippen molar-refractivity contribution in [2.24, 2.45) is 5.92 Å². The van der Waals surface area contributed by atoms with Gasteiger partial charge in [0.25, 0.3) is 0 Å². The van der Waals surface area contributed by atoms with Gasteiger partial charge < -0.3 is 15.1 Å². The van der Waals surface area contributed by atoms with Gasteiger partial charge in [-0.3, -0.25) is 4.79 Å². The average Bonchev–Trinajstić information content (AvgIpc) is 2.43. The summed E-state index contributed by atoms with van der Waals surface area (Å²) in [5.74, 6) is -2.77. The SMILES string of the molecule is CC(CN(c1cccc(C#N)c1)C(C)C(=O)O)C(=O)O. The molecule has 0 radical (unpaired) electrons.